The number of rotatable bonds is 5. The molecule has 0 aliphatic heterocycles. The monoisotopic (exact) mass is 473 g/mol. The van der Waals surface area contributed by atoms with E-state index in [9.17, 15) is 9.18 Å². The predicted octanol–water partition coefficient (Wildman–Crippen LogP) is 5.54. The normalized spacial score (nSPS) is 10.9. The maximum absolute atomic E-state index is 14.8. The van der Waals surface area contributed by atoms with Gasteiger partial charge in [-0.3, -0.25) is 14.8 Å². The number of carbonyl (C=O) groups excluding carboxylic acids is 1. The molecule has 0 radical (unpaired) electrons. The maximum Gasteiger partial charge on any atom is 0.276 e. The van der Waals surface area contributed by atoms with Gasteiger partial charge in [-0.15, -0.1) is 0 Å². The lowest BCUT2D eigenvalue weighted by atomic mass is 10.1. The molecule has 0 atom stereocenters. The summed E-state index contributed by atoms with van der Waals surface area (Å²) in [5.41, 5.74) is 3.33. The summed E-state index contributed by atoms with van der Waals surface area (Å²) in [7, 11) is 1.56. The summed E-state index contributed by atoms with van der Waals surface area (Å²) >= 11 is 6.13. The van der Waals surface area contributed by atoms with E-state index in [4.69, 9.17) is 16.3 Å². The summed E-state index contributed by atoms with van der Waals surface area (Å²) < 4.78 is 21.3. The number of hydrogen-bond acceptors (Lipinski definition) is 5. The van der Waals surface area contributed by atoms with E-state index >= 15 is 0 Å². The van der Waals surface area contributed by atoms with Crippen LogP contribution in [0.15, 0.2) is 79.1 Å². The maximum atomic E-state index is 14.8. The van der Waals surface area contributed by atoms with E-state index in [1.54, 1.807) is 55.9 Å². The number of nitrogens with zero attached hydrogens (tertiary/aromatic N) is 4. The Hall–Kier alpha value is -4.30. The van der Waals surface area contributed by atoms with Gasteiger partial charge in [0.05, 0.1) is 23.8 Å². The third kappa shape index (κ3) is 4.18. The number of carbonyl (C=O) groups is 1. The highest BCUT2D eigenvalue weighted by Gasteiger charge is 2.20. The Labute approximate surface area is 198 Å². The molecule has 0 fully saturated rings. The molecule has 0 saturated heterocycles. The van der Waals surface area contributed by atoms with Gasteiger partial charge < -0.3 is 10.1 Å². The van der Waals surface area contributed by atoms with Crippen molar-refractivity contribution in [1.29, 1.82) is 0 Å². The van der Waals surface area contributed by atoms with Gasteiger partial charge in [0.25, 0.3) is 5.91 Å². The lowest BCUT2D eigenvalue weighted by Gasteiger charge is -2.09. The molecular formula is C25H17ClFN5O2. The fourth-order valence-corrected chi connectivity index (χ4v) is 3.69. The minimum absolute atomic E-state index is 0.101. The molecule has 9 heteroatoms. The number of benzene rings is 3. The second-order valence-corrected chi connectivity index (χ2v) is 7.80. The van der Waals surface area contributed by atoms with Crippen molar-refractivity contribution < 1.29 is 13.9 Å². The Morgan fingerprint density at radius 2 is 1.74 bits per heavy atom. The van der Waals surface area contributed by atoms with Crippen LogP contribution >= 0.6 is 11.6 Å². The number of ether oxygens (including phenoxy) is 1. The first-order valence-corrected chi connectivity index (χ1v) is 10.6. The van der Waals surface area contributed by atoms with Crippen molar-refractivity contribution in [3.63, 3.8) is 0 Å². The quantitative estimate of drug-likeness (QED) is 0.362. The van der Waals surface area contributed by atoms with E-state index in [0.29, 0.717) is 38.8 Å². The molecule has 0 saturated carbocycles. The number of amides is 1. The molecule has 1 N–H and O–H groups in total. The van der Waals surface area contributed by atoms with Gasteiger partial charge in [0.2, 0.25) is 0 Å². The van der Waals surface area contributed by atoms with E-state index in [1.165, 1.54) is 22.9 Å². The van der Waals surface area contributed by atoms with Gasteiger partial charge in [-0.2, -0.15) is 5.10 Å². The number of aromatic nitrogens is 4. The minimum atomic E-state index is -0.531. The predicted molar refractivity (Wildman–Crippen MR) is 128 cm³/mol. The molecular weight excluding hydrogens is 457 g/mol. The SMILES string of the molecule is COc1ccc(NC(=O)c2cc(-c3ccc4nccnc4c3)n(-c3cc(Cl)ccc3F)n2)cc1. The van der Waals surface area contributed by atoms with Gasteiger partial charge >= 0.3 is 0 Å². The first-order valence-electron chi connectivity index (χ1n) is 10.2. The average molecular weight is 474 g/mol. The first kappa shape index (κ1) is 21.5. The van der Waals surface area contributed by atoms with Crippen LogP contribution in [0.5, 0.6) is 5.75 Å². The number of fused-ring (bicyclic) bond motifs is 1. The molecule has 0 aliphatic rings. The summed E-state index contributed by atoms with van der Waals surface area (Å²) in [6.07, 6.45) is 3.20. The van der Waals surface area contributed by atoms with Crippen molar-refractivity contribution in [2.75, 3.05) is 12.4 Å². The largest absolute Gasteiger partial charge is 0.497 e. The number of halogens is 2. The zero-order chi connectivity index (χ0) is 23.7. The molecule has 168 valence electrons. The Bertz CT molecular complexity index is 1520. The zero-order valence-corrected chi connectivity index (χ0v) is 18.6. The Kier molecular flexibility index (Phi) is 5.65. The minimum Gasteiger partial charge on any atom is -0.497 e. The van der Waals surface area contributed by atoms with Crippen LogP contribution in [0, 0.1) is 5.82 Å². The second kappa shape index (κ2) is 8.92. The summed E-state index contributed by atoms with van der Waals surface area (Å²) in [6, 6.07) is 18.1. The lowest BCUT2D eigenvalue weighted by molar-refractivity contribution is 0.102. The van der Waals surface area contributed by atoms with Crippen LogP contribution in [0.3, 0.4) is 0 Å². The molecule has 5 rings (SSSR count). The molecule has 0 unspecified atom stereocenters. The van der Waals surface area contributed by atoms with Crippen molar-refractivity contribution >= 4 is 34.2 Å². The number of hydrogen-bond donors (Lipinski definition) is 1. The summed E-state index contributed by atoms with van der Waals surface area (Å²) in [5, 5.41) is 7.55. The molecule has 0 bridgehead atoms. The van der Waals surface area contributed by atoms with Crippen LogP contribution in [-0.2, 0) is 0 Å². The molecule has 2 aromatic heterocycles. The Morgan fingerprint density at radius 1 is 0.971 bits per heavy atom. The summed E-state index contributed by atoms with van der Waals surface area (Å²) in [6.45, 7) is 0. The highest BCUT2D eigenvalue weighted by molar-refractivity contribution is 6.30. The van der Waals surface area contributed by atoms with Crippen LogP contribution in [-0.4, -0.2) is 32.8 Å². The smallest absolute Gasteiger partial charge is 0.276 e. The van der Waals surface area contributed by atoms with E-state index in [2.05, 4.69) is 20.4 Å². The Morgan fingerprint density at radius 3 is 2.50 bits per heavy atom. The van der Waals surface area contributed by atoms with Gasteiger partial charge in [0, 0.05) is 28.7 Å². The van der Waals surface area contributed by atoms with Crippen molar-refractivity contribution in [3.8, 4) is 22.7 Å². The van der Waals surface area contributed by atoms with Crippen molar-refractivity contribution in [2.45, 2.75) is 0 Å². The lowest BCUT2D eigenvalue weighted by Crippen LogP contribution is -2.13. The molecule has 34 heavy (non-hydrogen) atoms. The zero-order valence-electron chi connectivity index (χ0n) is 17.9. The number of methoxy groups -OCH3 is 1. The summed E-state index contributed by atoms with van der Waals surface area (Å²) in [5.74, 6) is -0.315. The van der Waals surface area contributed by atoms with Gasteiger partial charge in [-0.25, -0.2) is 9.07 Å². The van der Waals surface area contributed by atoms with E-state index in [0.717, 1.165) is 0 Å². The molecule has 3 aromatic carbocycles. The van der Waals surface area contributed by atoms with Crippen molar-refractivity contribution in [3.05, 3.63) is 95.7 Å². The molecule has 1 amide bonds. The fourth-order valence-electron chi connectivity index (χ4n) is 3.52. The van der Waals surface area contributed by atoms with E-state index in [1.807, 2.05) is 12.1 Å². The fraction of sp³-hybridized carbons (Fsp3) is 0.0400. The second-order valence-electron chi connectivity index (χ2n) is 7.36. The number of nitrogens with one attached hydrogen (secondary N) is 1. The van der Waals surface area contributed by atoms with E-state index in [-0.39, 0.29) is 11.4 Å². The van der Waals surface area contributed by atoms with Gasteiger partial charge in [-0.05, 0) is 60.7 Å². The van der Waals surface area contributed by atoms with Crippen LogP contribution in [0.25, 0.3) is 28.0 Å². The standard InChI is InChI=1S/C25H17ClFN5O2/c1-34-18-6-4-17(5-7-18)30-25(33)22-14-23(15-2-9-20-21(12-15)29-11-10-28-20)32(31-22)24-13-16(26)3-8-19(24)27/h2-14H,1H3,(H,30,33). The summed E-state index contributed by atoms with van der Waals surface area (Å²) in [4.78, 5) is 21.6. The molecule has 0 spiro atoms. The average Bonchev–Trinajstić information content (AvgIpc) is 3.31. The van der Waals surface area contributed by atoms with Gasteiger partial charge in [-0.1, -0.05) is 17.7 Å². The van der Waals surface area contributed by atoms with Crippen LogP contribution in [0.4, 0.5) is 10.1 Å². The van der Waals surface area contributed by atoms with Gasteiger partial charge in [0.1, 0.15) is 17.3 Å². The molecule has 5 aromatic rings. The molecule has 7 nitrogen and oxygen atoms in total. The highest BCUT2D eigenvalue weighted by Crippen LogP contribution is 2.29. The van der Waals surface area contributed by atoms with Crippen LogP contribution in [0.1, 0.15) is 10.5 Å². The molecule has 2 heterocycles. The van der Waals surface area contributed by atoms with Crippen molar-refractivity contribution in [2.24, 2.45) is 0 Å². The highest BCUT2D eigenvalue weighted by atomic mass is 35.5. The third-order valence-electron chi connectivity index (χ3n) is 5.19. The number of anilines is 1. The topological polar surface area (TPSA) is 81.9 Å². The molecule has 0 aliphatic carbocycles. The van der Waals surface area contributed by atoms with Crippen molar-refractivity contribution in [1.82, 2.24) is 19.7 Å². The third-order valence-corrected chi connectivity index (χ3v) is 5.43. The van der Waals surface area contributed by atoms with E-state index < -0.39 is 11.7 Å². The Balaban J connectivity index is 1.60. The van der Waals surface area contributed by atoms with Crippen LogP contribution < -0.4 is 10.1 Å². The van der Waals surface area contributed by atoms with Crippen LogP contribution in [0.2, 0.25) is 5.02 Å². The first-order chi connectivity index (χ1) is 16.5. The van der Waals surface area contributed by atoms with Gasteiger partial charge in [0.15, 0.2) is 5.69 Å².